The summed E-state index contributed by atoms with van der Waals surface area (Å²) in [5.41, 5.74) is 1.72. The number of carbonyl (C=O) groups excluding carboxylic acids is 1. The topological polar surface area (TPSA) is 93.8 Å². The third-order valence-electron chi connectivity index (χ3n) is 6.74. The Labute approximate surface area is 218 Å². The van der Waals surface area contributed by atoms with Gasteiger partial charge in [-0.2, -0.15) is 0 Å². The van der Waals surface area contributed by atoms with E-state index in [-0.39, 0.29) is 5.41 Å². The molecule has 2 unspecified atom stereocenters. The highest BCUT2D eigenvalue weighted by atomic mass is 32.2. The predicted octanol–water partition coefficient (Wildman–Crippen LogP) is 7.00. The lowest BCUT2D eigenvalue weighted by Crippen LogP contribution is -2.30. The first-order valence-electron chi connectivity index (χ1n) is 11.8. The molecule has 1 aromatic carbocycles. The summed E-state index contributed by atoms with van der Waals surface area (Å²) in [7, 11) is -0.629. The van der Waals surface area contributed by atoms with Crippen molar-refractivity contribution in [3.05, 3.63) is 80.8 Å². The second-order valence-corrected chi connectivity index (χ2v) is 11.7. The number of benzene rings is 1. The van der Waals surface area contributed by atoms with Crippen molar-refractivity contribution < 1.29 is 23.2 Å². The first-order valence-corrected chi connectivity index (χ1v) is 13.7. The number of pyridine rings is 1. The molecule has 4 aromatic rings. The maximum Gasteiger partial charge on any atom is 0.412 e. The molecule has 2 atom stereocenters. The van der Waals surface area contributed by atoms with Crippen LogP contribution in [0.15, 0.2) is 64.2 Å². The number of hydrogen-bond donors (Lipinski definition) is 2. The Morgan fingerprint density at radius 3 is 2.92 bits per heavy atom. The van der Waals surface area contributed by atoms with Crippen molar-refractivity contribution in [2.75, 3.05) is 5.32 Å². The lowest BCUT2D eigenvalue weighted by Gasteiger charge is -2.35. The molecule has 1 spiro atoms. The molecule has 1 fully saturated rings. The van der Waals surface area contributed by atoms with E-state index < -0.39 is 23.0 Å². The van der Waals surface area contributed by atoms with E-state index in [9.17, 15) is 9.90 Å². The molecule has 1 aliphatic carbocycles. The minimum Gasteiger partial charge on any atom is -0.444 e. The molecule has 37 heavy (non-hydrogen) atoms. The average Bonchev–Trinajstić information content (AvgIpc) is 3.56. The zero-order valence-corrected chi connectivity index (χ0v) is 21.2. The number of fused-ring (bicyclic) bond motifs is 4. The summed E-state index contributed by atoms with van der Waals surface area (Å²) < 4.78 is 17.6. The molecule has 3 aromatic heterocycles. The van der Waals surface area contributed by atoms with Gasteiger partial charge in [-0.3, -0.25) is 10.3 Å². The fraction of sp³-hybridized carbons (Fsp3) is 0.179. The van der Waals surface area contributed by atoms with Crippen LogP contribution < -0.4 is 9.50 Å². The highest BCUT2D eigenvalue weighted by molar-refractivity contribution is 8.17. The SMILES string of the molecule is CC(OC(=O)Nc1c(C#Cc2cc3c(s2)C=C2S(=C(O)C24CC4)O3)oc2cnccc12)c1ccccc1. The molecule has 1 amide bonds. The lowest BCUT2D eigenvalue weighted by molar-refractivity contribution is 0.121. The summed E-state index contributed by atoms with van der Waals surface area (Å²) >= 11 is 1.53. The number of amides is 1. The number of hydrogen-bond acceptors (Lipinski definition) is 6. The molecule has 0 bridgehead atoms. The third-order valence-corrected chi connectivity index (χ3v) is 9.71. The van der Waals surface area contributed by atoms with Crippen LogP contribution in [0.5, 0.6) is 5.75 Å². The lowest BCUT2D eigenvalue weighted by atomic mass is 10.1. The van der Waals surface area contributed by atoms with Crippen molar-refractivity contribution in [2.24, 2.45) is 5.41 Å². The summed E-state index contributed by atoms with van der Waals surface area (Å²) in [6.45, 7) is 1.82. The van der Waals surface area contributed by atoms with E-state index in [1.165, 1.54) is 16.2 Å². The summed E-state index contributed by atoms with van der Waals surface area (Å²) in [6.07, 6.45) is 6.32. The number of carbonyl (C=O) groups is 1. The zero-order chi connectivity index (χ0) is 25.1. The van der Waals surface area contributed by atoms with Gasteiger partial charge in [-0.25, -0.2) is 4.79 Å². The Morgan fingerprint density at radius 2 is 2.11 bits per heavy atom. The fourth-order valence-corrected chi connectivity index (χ4v) is 7.67. The maximum absolute atomic E-state index is 12.8. The van der Waals surface area contributed by atoms with E-state index in [1.54, 1.807) is 18.5 Å². The molecular formula is C28H20N2O5S2. The van der Waals surface area contributed by atoms with E-state index >= 15 is 0 Å². The number of aromatic nitrogens is 1. The molecule has 0 radical (unpaired) electrons. The van der Waals surface area contributed by atoms with Gasteiger partial charge in [0, 0.05) is 22.6 Å². The van der Waals surface area contributed by atoms with E-state index in [4.69, 9.17) is 13.3 Å². The van der Waals surface area contributed by atoms with Gasteiger partial charge in [-0.05, 0) is 49.3 Å². The summed E-state index contributed by atoms with van der Waals surface area (Å²) in [4.78, 5) is 19.9. The Kier molecular flexibility index (Phi) is 5.05. The number of ether oxygens (including phenoxy) is 1. The van der Waals surface area contributed by atoms with Crippen LogP contribution in [-0.2, 0) is 4.74 Å². The molecule has 9 heteroatoms. The molecular weight excluding hydrogens is 508 g/mol. The van der Waals surface area contributed by atoms with Crippen molar-refractivity contribution in [3.63, 3.8) is 0 Å². The van der Waals surface area contributed by atoms with Crippen LogP contribution in [0.25, 0.3) is 17.0 Å². The average molecular weight is 529 g/mol. The predicted molar refractivity (Wildman–Crippen MR) is 145 cm³/mol. The van der Waals surface area contributed by atoms with Crippen LogP contribution in [0.2, 0.25) is 0 Å². The molecule has 2 aliphatic heterocycles. The van der Waals surface area contributed by atoms with Gasteiger partial charge >= 0.3 is 6.09 Å². The maximum atomic E-state index is 12.8. The minimum atomic E-state index is -0.629. The smallest absolute Gasteiger partial charge is 0.412 e. The van der Waals surface area contributed by atoms with Gasteiger partial charge in [0.05, 0.1) is 32.1 Å². The van der Waals surface area contributed by atoms with Gasteiger partial charge < -0.3 is 18.4 Å². The third kappa shape index (κ3) is 3.68. The van der Waals surface area contributed by atoms with Crippen LogP contribution in [0.1, 0.15) is 46.9 Å². The molecule has 5 heterocycles. The van der Waals surface area contributed by atoms with Gasteiger partial charge in [0.25, 0.3) is 0 Å². The van der Waals surface area contributed by atoms with Crippen molar-refractivity contribution in [2.45, 2.75) is 25.9 Å². The van der Waals surface area contributed by atoms with Crippen molar-refractivity contribution in [1.29, 1.82) is 0 Å². The number of nitrogens with one attached hydrogen (secondary N) is 1. The summed E-state index contributed by atoms with van der Waals surface area (Å²) in [6, 6.07) is 13.2. The summed E-state index contributed by atoms with van der Waals surface area (Å²) in [5, 5.41) is 14.4. The molecule has 3 aliphatic rings. The van der Waals surface area contributed by atoms with Crippen LogP contribution >= 0.6 is 22.1 Å². The number of aliphatic hydroxyl groups is 1. The highest BCUT2D eigenvalue weighted by Crippen LogP contribution is 2.69. The Hall–Kier alpha value is -3.84. The van der Waals surface area contributed by atoms with Crippen LogP contribution in [0, 0.1) is 17.3 Å². The molecule has 184 valence electrons. The molecule has 7 rings (SSSR count). The Bertz CT molecular complexity index is 1720. The van der Waals surface area contributed by atoms with Gasteiger partial charge in [-0.15, -0.1) is 11.3 Å². The number of thiophene rings is 1. The van der Waals surface area contributed by atoms with Gasteiger partial charge in [0.1, 0.15) is 16.8 Å². The van der Waals surface area contributed by atoms with Gasteiger partial charge in [-0.1, -0.05) is 30.3 Å². The van der Waals surface area contributed by atoms with Crippen molar-refractivity contribution >= 4 is 56.0 Å². The first-order chi connectivity index (χ1) is 18.0. The van der Waals surface area contributed by atoms with Gasteiger partial charge in [0.2, 0.25) is 5.76 Å². The van der Waals surface area contributed by atoms with Crippen LogP contribution in [-0.4, -0.2) is 21.2 Å². The molecule has 0 saturated heterocycles. The van der Waals surface area contributed by atoms with Crippen molar-refractivity contribution in [1.82, 2.24) is 4.98 Å². The second-order valence-electron chi connectivity index (χ2n) is 9.10. The second kappa shape index (κ2) is 8.35. The largest absolute Gasteiger partial charge is 0.444 e. The van der Waals surface area contributed by atoms with E-state index in [2.05, 4.69) is 28.2 Å². The molecule has 1 saturated carbocycles. The molecule has 7 nitrogen and oxygen atoms in total. The van der Waals surface area contributed by atoms with Crippen LogP contribution in [0.4, 0.5) is 10.5 Å². The Balaban J connectivity index is 1.16. The van der Waals surface area contributed by atoms with E-state index in [0.717, 1.165) is 33.9 Å². The normalized spacial score (nSPS) is 18.9. The summed E-state index contributed by atoms with van der Waals surface area (Å²) in [5.74, 6) is 7.24. The first kappa shape index (κ1) is 22.4. The number of furan rings is 1. The number of nitrogens with zero attached hydrogens (tertiary/aromatic N) is 1. The van der Waals surface area contributed by atoms with Crippen molar-refractivity contribution in [3.8, 4) is 17.6 Å². The van der Waals surface area contributed by atoms with Gasteiger partial charge in [0.15, 0.2) is 11.3 Å². The standard InChI is InChI=1S/C28H20N2O5S2/c1-16(17-5-3-2-4-6-17)33-27(32)30-25-19-9-12-29-15-22(19)34-20(25)8-7-18-13-21-23(36-18)14-24-28(10-11-28)26(31)37(24)35-21/h2-6,9,12-16,31H,10-11H2,1H3,(H,30,32). The van der Waals surface area contributed by atoms with E-state index in [0.29, 0.717) is 27.5 Å². The highest BCUT2D eigenvalue weighted by Gasteiger charge is 2.60. The zero-order valence-electron chi connectivity index (χ0n) is 19.6. The van der Waals surface area contributed by atoms with E-state index in [1.807, 2.05) is 43.3 Å². The quantitative estimate of drug-likeness (QED) is 0.220. The minimum absolute atomic E-state index is 0.119. The monoisotopic (exact) mass is 528 g/mol. The Morgan fingerprint density at radius 1 is 1.27 bits per heavy atom. The number of anilines is 1. The fourth-order valence-electron chi connectivity index (χ4n) is 4.57. The number of aliphatic hydroxyl groups excluding tert-OH is 1. The number of rotatable bonds is 3. The van der Waals surface area contributed by atoms with Crippen LogP contribution in [0.3, 0.4) is 0 Å². The molecule has 2 N–H and O–H groups in total.